The van der Waals surface area contributed by atoms with Crippen LogP contribution in [0.2, 0.25) is 0 Å². The molecule has 0 N–H and O–H groups in total. The van der Waals surface area contributed by atoms with Crippen LogP contribution >= 0.6 is 0 Å². The van der Waals surface area contributed by atoms with E-state index in [1.165, 1.54) is 0 Å². The smallest absolute Gasteiger partial charge is 0.260 e. The SMILES string of the molecule is CCC(C)c1ccccc1OCC(=O)N1CCN(c2ncccn2)CC1. The van der Waals surface area contributed by atoms with Gasteiger partial charge in [-0.15, -0.1) is 0 Å². The number of nitrogens with zero attached hydrogens (tertiary/aromatic N) is 4. The molecule has 6 heteroatoms. The summed E-state index contributed by atoms with van der Waals surface area (Å²) in [4.78, 5) is 25.0. The number of para-hydroxylation sites is 1. The summed E-state index contributed by atoms with van der Waals surface area (Å²) in [5, 5.41) is 0. The van der Waals surface area contributed by atoms with E-state index in [1.54, 1.807) is 18.5 Å². The standard InChI is InChI=1S/C20H26N4O2/c1-3-16(2)17-7-4-5-8-18(17)26-15-19(25)23-11-13-24(14-12-23)20-21-9-6-10-22-20/h4-10,16H,3,11-15H2,1-2H3. The van der Waals surface area contributed by atoms with Crippen molar-refractivity contribution in [3.8, 4) is 5.75 Å². The van der Waals surface area contributed by atoms with Gasteiger partial charge in [0, 0.05) is 38.6 Å². The van der Waals surface area contributed by atoms with Crippen molar-refractivity contribution in [1.82, 2.24) is 14.9 Å². The van der Waals surface area contributed by atoms with Crippen LogP contribution in [0.4, 0.5) is 5.95 Å². The van der Waals surface area contributed by atoms with Gasteiger partial charge in [0.05, 0.1) is 0 Å². The molecule has 1 unspecified atom stereocenters. The molecule has 2 aromatic rings. The summed E-state index contributed by atoms with van der Waals surface area (Å²) in [7, 11) is 0. The topological polar surface area (TPSA) is 58.6 Å². The number of piperazine rings is 1. The maximum absolute atomic E-state index is 12.5. The molecule has 2 heterocycles. The first-order valence-electron chi connectivity index (χ1n) is 9.20. The molecule has 1 fully saturated rings. The molecular formula is C20H26N4O2. The molecule has 0 spiro atoms. The molecule has 1 aromatic heterocycles. The van der Waals surface area contributed by atoms with Gasteiger partial charge in [0.25, 0.3) is 5.91 Å². The number of ether oxygens (including phenoxy) is 1. The quantitative estimate of drug-likeness (QED) is 0.798. The Kier molecular flexibility index (Phi) is 6.04. The number of amides is 1. The fraction of sp³-hybridized carbons (Fsp3) is 0.450. The Balaban J connectivity index is 1.52. The third-order valence-corrected chi connectivity index (χ3v) is 4.88. The molecule has 1 aromatic carbocycles. The van der Waals surface area contributed by atoms with Gasteiger partial charge in [0.1, 0.15) is 5.75 Å². The lowest BCUT2D eigenvalue weighted by Crippen LogP contribution is -2.50. The van der Waals surface area contributed by atoms with E-state index in [1.807, 2.05) is 23.1 Å². The molecule has 0 aliphatic carbocycles. The Labute approximate surface area is 154 Å². The van der Waals surface area contributed by atoms with Gasteiger partial charge in [-0.2, -0.15) is 0 Å². The number of hydrogen-bond donors (Lipinski definition) is 0. The average molecular weight is 354 g/mol. The largest absolute Gasteiger partial charge is 0.483 e. The fourth-order valence-electron chi connectivity index (χ4n) is 3.08. The predicted octanol–water partition coefficient (Wildman–Crippen LogP) is 2.72. The van der Waals surface area contributed by atoms with Crippen molar-refractivity contribution in [3.05, 3.63) is 48.3 Å². The Bertz CT molecular complexity index is 715. The van der Waals surface area contributed by atoms with E-state index in [0.717, 1.165) is 36.8 Å². The number of rotatable bonds is 6. The van der Waals surface area contributed by atoms with Crippen molar-refractivity contribution in [1.29, 1.82) is 0 Å². The molecule has 26 heavy (non-hydrogen) atoms. The molecule has 6 nitrogen and oxygen atoms in total. The third-order valence-electron chi connectivity index (χ3n) is 4.88. The van der Waals surface area contributed by atoms with E-state index in [0.29, 0.717) is 19.0 Å². The fourth-order valence-corrected chi connectivity index (χ4v) is 3.08. The number of carbonyl (C=O) groups is 1. The molecule has 1 atom stereocenters. The summed E-state index contributed by atoms with van der Waals surface area (Å²) < 4.78 is 5.86. The molecule has 0 bridgehead atoms. The lowest BCUT2D eigenvalue weighted by atomic mass is 9.98. The second-order valence-electron chi connectivity index (χ2n) is 6.55. The maximum Gasteiger partial charge on any atom is 0.260 e. The molecule has 1 aliphatic heterocycles. The number of aromatic nitrogens is 2. The van der Waals surface area contributed by atoms with Crippen molar-refractivity contribution >= 4 is 11.9 Å². The van der Waals surface area contributed by atoms with Gasteiger partial charge in [-0.25, -0.2) is 9.97 Å². The first-order valence-corrected chi connectivity index (χ1v) is 9.20. The van der Waals surface area contributed by atoms with Gasteiger partial charge in [0.2, 0.25) is 5.95 Å². The van der Waals surface area contributed by atoms with Crippen LogP contribution in [0.25, 0.3) is 0 Å². The van der Waals surface area contributed by atoms with E-state index in [2.05, 4.69) is 34.8 Å². The summed E-state index contributed by atoms with van der Waals surface area (Å²) in [5.74, 6) is 1.97. The van der Waals surface area contributed by atoms with E-state index < -0.39 is 0 Å². The molecule has 138 valence electrons. The zero-order valence-corrected chi connectivity index (χ0v) is 15.5. The highest BCUT2D eigenvalue weighted by Gasteiger charge is 2.23. The van der Waals surface area contributed by atoms with Gasteiger partial charge < -0.3 is 14.5 Å². The molecule has 0 radical (unpaired) electrons. The molecule has 1 saturated heterocycles. The van der Waals surface area contributed by atoms with Crippen LogP contribution in [0.5, 0.6) is 5.75 Å². The minimum atomic E-state index is 0.0255. The van der Waals surface area contributed by atoms with Gasteiger partial charge >= 0.3 is 0 Å². The summed E-state index contributed by atoms with van der Waals surface area (Å²) in [6.45, 7) is 7.20. The monoisotopic (exact) mass is 354 g/mol. The number of hydrogen-bond acceptors (Lipinski definition) is 5. The minimum absolute atomic E-state index is 0.0255. The Hall–Kier alpha value is -2.63. The predicted molar refractivity (Wildman–Crippen MR) is 101 cm³/mol. The number of benzene rings is 1. The highest BCUT2D eigenvalue weighted by Crippen LogP contribution is 2.28. The van der Waals surface area contributed by atoms with Crippen molar-refractivity contribution < 1.29 is 9.53 Å². The zero-order valence-electron chi connectivity index (χ0n) is 15.5. The normalized spacial score (nSPS) is 15.6. The number of anilines is 1. The van der Waals surface area contributed by atoms with Crippen LogP contribution < -0.4 is 9.64 Å². The highest BCUT2D eigenvalue weighted by molar-refractivity contribution is 5.78. The summed E-state index contributed by atoms with van der Waals surface area (Å²) in [6, 6.07) is 9.79. The van der Waals surface area contributed by atoms with E-state index >= 15 is 0 Å². The summed E-state index contributed by atoms with van der Waals surface area (Å²) in [5.41, 5.74) is 1.16. The van der Waals surface area contributed by atoms with Crippen LogP contribution in [0, 0.1) is 0 Å². The van der Waals surface area contributed by atoms with Gasteiger partial charge in [-0.05, 0) is 30.0 Å². The van der Waals surface area contributed by atoms with Gasteiger partial charge in [-0.3, -0.25) is 4.79 Å². The Morgan fingerprint density at radius 2 is 1.81 bits per heavy atom. The summed E-state index contributed by atoms with van der Waals surface area (Å²) >= 11 is 0. The highest BCUT2D eigenvalue weighted by atomic mass is 16.5. The van der Waals surface area contributed by atoms with E-state index in [-0.39, 0.29) is 12.5 Å². The van der Waals surface area contributed by atoms with Crippen LogP contribution in [-0.4, -0.2) is 53.6 Å². The van der Waals surface area contributed by atoms with Crippen LogP contribution in [0.15, 0.2) is 42.7 Å². The van der Waals surface area contributed by atoms with Crippen LogP contribution in [-0.2, 0) is 4.79 Å². The Morgan fingerprint density at radius 3 is 2.50 bits per heavy atom. The lowest BCUT2D eigenvalue weighted by molar-refractivity contribution is -0.133. The van der Waals surface area contributed by atoms with Crippen molar-refractivity contribution in [3.63, 3.8) is 0 Å². The number of carbonyl (C=O) groups excluding carboxylic acids is 1. The minimum Gasteiger partial charge on any atom is -0.483 e. The van der Waals surface area contributed by atoms with Crippen molar-refractivity contribution in [2.75, 3.05) is 37.7 Å². The second-order valence-corrected chi connectivity index (χ2v) is 6.55. The van der Waals surface area contributed by atoms with Crippen molar-refractivity contribution in [2.45, 2.75) is 26.2 Å². The first-order chi connectivity index (χ1) is 12.7. The van der Waals surface area contributed by atoms with Crippen LogP contribution in [0.3, 0.4) is 0 Å². The first kappa shape index (κ1) is 18.2. The molecule has 1 aliphatic rings. The molecular weight excluding hydrogens is 328 g/mol. The molecule has 1 amide bonds. The second kappa shape index (κ2) is 8.65. The van der Waals surface area contributed by atoms with Gasteiger partial charge in [-0.1, -0.05) is 32.0 Å². The Morgan fingerprint density at radius 1 is 1.12 bits per heavy atom. The molecule has 3 rings (SSSR count). The maximum atomic E-state index is 12.5. The van der Waals surface area contributed by atoms with Crippen LogP contribution in [0.1, 0.15) is 31.7 Å². The van der Waals surface area contributed by atoms with E-state index in [9.17, 15) is 4.79 Å². The third kappa shape index (κ3) is 4.31. The van der Waals surface area contributed by atoms with E-state index in [4.69, 9.17) is 4.74 Å². The summed E-state index contributed by atoms with van der Waals surface area (Å²) in [6.07, 6.45) is 4.52. The average Bonchev–Trinajstić information content (AvgIpc) is 2.72. The lowest BCUT2D eigenvalue weighted by Gasteiger charge is -2.34. The van der Waals surface area contributed by atoms with Gasteiger partial charge in [0.15, 0.2) is 6.61 Å². The molecule has 0 saturated carbocycles. The van der Waals surface area contributed by atoms with Crippen molar-refractivity contribution in [2.24, 2.45) is 0 Å². The zero-order chi connectivity index (χ0) is 18.4.